The number of rotatable bonds is 9. The predicted molar refractivity (Wildman–Crippen MR) is 165 cm³/mol. The lowest BCUT2D eigenvalue weighted by Gasteiger charge is -2.44. The molecule has 0 aliphatic carbocycles. The molecule has 1 aromatic heterocycles. The van der Waals surface area contributed by atoms with Crippen LogP contribution in [0.15, 0.2) is 17.1 Å². The van der Waals surface area contributed by atoms with Gasteiger partial charge in [-0.1, -0.05) is 62.3 Å². The Balaban J connectivity index is 2.66. The van der Waals surface area contributed by atoms with Crippen LogP contribution >= 0.6 is 0 Å². The van der Waals surface area contributed by atoms with Crippen molar-refractivity contribution in [2.24, 2.45) is 0 Å². The zero-order valence-corrected chi connectivity index (χ0v) is 30.1. The second-order valence-electron chi connectivity index (χ2n) is 15.4. The van der Waals surface area contributed by atoms with Crippen LogP contribution in [0.2, 0.25) is 54.4 Å². The van der Waals surface area contributed by atoms with E-state index < -0.39 is 55.2 Å². The molecule has 2 rings (SSSR count). The molecular weight excluding hydrogens is 547 g/mol. The number of ether oxygens (including phenoxy) is 1. The monoisotopic (exact) mass is 601 g/mol. The van der Waals surface area contributed by atoms with E-state index in [4.69, 9.17) is 18.0 Å². The highest BCUT2D eigenvalue weighted by Gasteiger charge is 2.55. The molecule has 0 unspecified atom stereocenters. The second kappa shape index (κ2) is 11.4. The van der Waals surface area contributed by atoms with Gasteiger partial charge in [-0.3, -0.25) is 15.3 Å². The van der Waals surface area contributed by atoms with E-state index in [0.717, 1.165) is 0 Å². The van der Waals surface area contributed by atoms with Gasteiger partial charge < -0.3 is 18.0 Å². The van der Waals surface area contributed by atoms with Gasteiger partial charge in [-0.05, 0) is 60.5 Å². The molecule has 9 nitrogen and oxygen atoms in total. The lowest BCUT2D eigenvalue weighted by atomic mass is 10.1. The molecule has 0 bridgehead atoms. The van der Waals surface area contributed by atoms with Crippen LogP contribution in [0.5, 0.6) is 0 Å². The summed E-state index contributed by atoms with van der Waals surface area (Å²) in [4.78, 5) is 17.1. The Morgan fingerprint density at radius 1 is 0.872 bits per heavy atom. The third-order valence-corrected chi connectivity index (χ3v) is 22.8. The maximum absolute atomic E-state index is 13.1. The zero-order chi connectivity index (χ0) is 30.4. The summed E-state index contributed by atoms with van der Waals surface area (Å²) in [5, 5.41) is 9.20. The van der Waals surface area contributed by atoms with E-state index in [1.54, 1.807) is 6.20 Å². The molecule has 1 aliphatic rings. The van der Waals surface area contributed by atoms with E-state index >= 15 is 0 Å². The van der Waals surface area contributed by atoms with Crippen molar-refractivity contribution >= 4 is 30.8 Å². The maximum Gasteiger partial charge on any atom is 0.351 e. The molecule has 226 valence electrons. The third kappa shape index (κ3) is 7.70. The summed E-state index contributed by atoms with van der Waals surface area (Å²) in [7, 11) is -6.70. The van der Waals surface area contributed by atoms with E-state index in [-0.39, 0.29) is 20.9 Å². The molecule has 1 aromatic rings. The molecule has 2 heterocycles. The van der Waals surface area contributed by atoms with Crippen molar-refractivity contribution in [1.29, 1.82) is 0 Å². The molecule has 1 aliphatic heterocycles. The Bertz CT molecular complexity index is 1040. The fraction of sp³-hybridized carbons (Fsp3) is 0.852. The Kier molecular flexibility index (Phi) is 10.1. The van der Waals surface area contributed by atoms with Crippen LogP contribution in [0.1, 0.15) is 68.5 Å². The average Bonchev–Trinajstić information content (AvgIpc) is 3.05. The normalized spacial score (nSPS) is 23.8. The Labute approximate surface area is 239 Å². The van der Waals surface area contributed by atoms with E-state index in [0.29, 0.717) is 6.61 Å². The van der Waals surface area contributed by atoms with Crippen molar-refractivity contribution < 1.29 is 23.2 Å². The fourth-order valence-electron chi connectivity index (χ4n) is 3.54. The largest absolute Gasteiger partial charge is 0.414 e. The number of anilines is 1. The summed E-state index contributed by atoms with van der Waals surface area (Å²) in [5.74, 6) is 0.0722. The van der Waals surface area contributed by atoms with Gasteiger partial charge in [0.05, 0.1) is 6.61 Å². The maximum atomic E-state index is 13.1. The van der Waals surface area contributed by atoms with Crippen molar-refractivity contribution in [2.45, 2.75) is 141 Å². The van der Waals surface area contributed by atoms with Gasteiger partial charge in [0, 0.05) is 6.20 Å². The lowest BCUT2D eigenvalue weighted by molar-refractivity contribution is -0.0509. The highest BCUT2D eigenvalue weighted by atomic mass is 28.4. The Hall–Kier alpha value is -0.869. The van der Waals surface area contributed by atoms with Gasteiger partial charge in [-0.15, -0.1) is 0 Å². The first-order valence-electron chi connectivity index (χ1n) is 14.0. The minimum absolute atomic E-state index is 0.0335. The molecule has 39 heavy (non-hydrogen) atoms. The van der Waals surface area contributed by atoms with Gasteiger partial charge in [0.1, 0.15) is 18.3 Å². The van der Waals surface area contributed by atoms with Crippen molar-refractivity contribution in [1.82, 2.24) is 9.55 Å². The van der Waals surface area contributed by atoms with Crippen LogP contribution in [0.4, 0.5) is 5.82 Å². The SMILES string of the molecule is CC(C)(C)[Si](C)(C)OC[C@H]1O[C@@H](n2ccc(NO)nc2=O)[C@H](O[Si](C)(C)C(C)(C)C)[C@@H]1O[Si](C)(C)C(C)(C)C. The highest BCUT2D eigenvalue weighted by Crippen LogP contribution is 2.46. The first kappa shape index (κ1) is 34.3. The predicted octanol–water partition coefficient (Wildman–Crippen LogP) is 6.74. The summed E-state index contributed by atoms with van der Waals surface area (Å²) in [5.41, 5.74) is 1.41. The summed E-state index contributed by atoms with van der Waals surface area (Å²) in [6.07, 6.45) is -0.580. The van der Waals surface area contributed by atoms with Gasteiger partial charge in [0.2, 0.25) is 0 Å². The van der Waals surface area contributed by atoms with Crippen LogP contribution in [-0.4, -0.2) is 64.6 Å². The number of nitrogens with one attached hydrogen (secondary N) is 1. The van der Waals surface area contributed by atoms with Crippen LogP contribution in [-0.2, 0) is 18.0 Å². The number of hydrogen-bond acceptors (Lipinski definition) is 8. The summed E-state index contributed by atoms with van der Waals surface area (Å²) in [6, 6.07) is 1.54. The second-order valence-corrected chi connectivity index (χ2v) is 29.8. The summed E-state index contributed by atoms with van der Waals surface area (Å²) in [6.45, 7) is 33.5. The molecule has 0 radical (unpaired) electrons. The molecule has 0 saturated carbocycles. The van der Waals surface area contributed by atoms with Gasteiger partial charge in [0.15, 0.2) is 37.0 Å². The van der Waals surface area contributed by atoms with E-state index in [1.165, 1.54) is 10.6 Å². The number of hydrogen-bond donors (Lipinski definition) is 2. The topological polar surface area (TPSA) is 104 Å². The van der Waals surface area contributed by atoms with E-state index in [9.17, 15) is 10.0 Å². The van der Waals surface area contributed by atoms with Gasteiger partial charge in [0.25, 0.3) is 0 Å². The zero-order valence-electron chi connectivity index (χ0n) is 27.1. The van der Waals surface area contributed by atoms with Crippen LogP contribution in [0, 0.1) is 0 Å². The minimum Gasteiger partial charge on any atom is -0.414 e. The minimum atomic E-state index is -2.33. The molecule has 0 spiro atoms. The average molecular weight is 602 g/mol. The molecule has 12 heteroatoms. The van der Waals surface area contributed by atoms with Crippen LogP contribution in [0.3, 0.4) is 0 Å². The van der Waals surface area contributed by atoms with Crippen molar-refractivity contribution in [3.63, 3.8) is 0 Å². The van der Waals surface area contributed by atoms with E-state index in [1.807, 2.05) is 5.48 Å². The van der Waals surface area contributed by atoms with Crippen molar-refractivity contribution in [2.75, 3.05) is 12.1 Å². The standard InChI is InChI=1S/C27H55N3O6Si3/c1-25(2,3)37(10,11)33-18-19-21(35-38(12,13)26(4,5)6)22(36-39(14,15)27(7,8)9)23(34-19)30-17-16-20(29-32)28-24(30)31/h16-17,19,21-23,32H,18H2,1-15H3,(H,28,29,31)/t19-,21-,22-,23-/m1/s1. The van der Waals surface area contributed by atoms with E-state index in [2.05, 4.69) is 107 Å². The smallest absolute Gasteiger partial charge is 0.351 e. The van der Waals surface area contributed by atoms with Crippen molar-refractivity contribution in [3.8, 4) is 0 Å². The Morgan fingerprint density at radius 2 is 1.33 bits per heavy atom. The number of nitrogens with zero attached hydrogens (tertiary/aromatic N) is 2. The van der Waals surface area contributed by atoms with Crippen molar-refractivity contribution in [3.05, 3.63) is 22.7 Å². The molecule has 1 saturated heterocycles. The fourth-order valence-corrected chi connectivity index (χ4v) is 7.16. The molecule has 1 fully saturated rings. The highest BCUT2D eigenvalue weighted by molar-refractivity contribution is 6.75. The molecule has 0 aromatic carbocycles. The van der Waals surface area contributed by atoms with Gasteiger partial charge in [-0.2, -0.15) is 4.98 Å². The lowest BCUT2D eigenvalue weighted by Crippen LogP contribution is -2.54. The Morgan fingerprint density at radius 3 is 1.74 bits per heavy atom. The molecule has 0 amide bonds. The first-order valence-corrected chi connectivity index (χ1v) is 22.7. The molecule has 2 N–H and O–H groups in total. The van der Waals surface area contributed by atoms with Crippen LogP contribution in [0.25, 0.3) is 0 Å². The first-order chi connectivity index (χ1) is 17.3. The van der Waals surface area contributed by atoms with Gasteiger partial charge in [-0.25, -0.2) is 4.79 Å². The molecule has 4 atom stereocenters. The van der Waals surface area contributed by atoms with Gasteiger partial charge >= 0.3 is 5.69 Å². The summed E-state index contributed by atoms with van der Waals surface area (Å²) < 4.78 is 28.9. The summed E-state index contributed by atoms with van der Waals surface area (Å²) >= 11 is 0. The molecular formula is C27H55N3O6Si3. The van der Waals surface area contributed by atoms with Crippen LogP contribution < -0.4 is 11.2 Å². The third-order valence-electron chi connectivity index (χ3n) is 9.39. The quantitative estimate of drug-likeness (QED) is 0.237. The number of aromatic nitrogens is 2.